The number of pyridine rings is 3. The smallest absolute Gasteiger partial charge is 0.268 e. The molecule has 3 heterocycles. The molecular formula is C29H22F2N4O5. The zero-order chi connectivity index (χ0) is 28.4. The van der Waals surface area contributed by atoms with Crippen LogP contribution in [0, 0.1) is 18.6 Å². The minimum absolute atomic E-state index is 0.0103. The molecule has 11 heteroatoms. The number of halogens is 2. The van der Waals surface area contributed by atoms with E-state index in [2.05, 4.69) is 15.3 Å². The van der Waals surface area contributed by atoms with Gasteiger partial charge in [0.2, 0.25) is 0 Å². The van der Waals surface area contributed by atoms with E-state index in [0.29, 0.717) is 34.0 Å². The van der Waals surface area contributed by atoms with Gasteiger partial charge in [-0.2, -0.15) is 0 Å². The van der Waals surface area contributed by atoms with Gasteiger partial charge in [-0.3, -0.25) is 19.1 Å². The molecule has 0 radical (unpaired) electrons. The molecule has 0 aliphatic rings. The number of anilines is 1. The van der Waals surface area contributed by atoms with E-state index in [4.69, 9.17) is 14.2 Å². The molecule has 2 aromatic carbocycles. The maximum atomic E-state index is 14.7. The highest BCUT2D eigenvalue weighted by Gasteiger charge is 2.19. The van der Waals surface area contributed by atoms with Crippen LogP contribution in [-0.4, -0.2) is 34.7 Å². The summed E-state index contributed by atoms with van der Waals surface area (Å²) in [4.78, 5) is 34.8. The van der Waals surface area contributed by atoms with E-state index in [1.54, 1.807) is 42.6 Å². The van der Waals surface area contributed by atoms with Gasteiger partial charge in [-0.05, 0) is 61.5 Å². The number of hydrogen-bond donors (Lipinski definition) is 1. The number of aromatic nitrogens is 3. The zero-order valence-corrected chi connectivity index (χ0v) is 21.6. The highest BCUT2D eigenvalue weighted by atomic mass is 19.1. The quantitative estimate of drug-likeness (QED) is 0.291. The lowest BCUT2D eigenvalue weighted by Gasteiger charge is -2.14. The first kappa shape index (κ1) is 26.3. The lowest BCUT2D eigenvalue weighted by Crippen LogP contribution is -2.30. The molecule has 1 amide bonds. The second-order valence-electron chi connectivity index (χ2n) is 8.57. The molecule has 5 rings (SSSR count). The standard InChI is InChI=1S/C29H22F2N4O5/c1-16-22(31)14-21(29(37)35(16)19-8-4-17(30)5-9-19)27(36)33-18-6-10-20(11-7-18)40-24-12-13-32-23-15-25(38-2)28(39-3)34-26(23)24/h4-15H,1-3H3,(H,33,36). The van der Waals surface area contributed by atoms with Crippen LogP contribution in [0.5, 0.6) is 23.1 Å². The summed E-state index contributed by atoms with van der Waals surface area (Å²) in [6.45, 7) is 1.40. The number of benzene rings is 2. The first-order valence-electron chi connectivity index (χ1n) is 11.9. The van der Waals surface area contributed by atoms with Crippen molar-refractivity contribution in [3.05, 3.63) is 106 Å². The Hall–Kier alpha value is -5.32. The van der Waals surface area contributed by atoms with Gasteiger partial charge in [0.05, 0.1) is 25.4 Å². The molecule has 9 nitrogen and oxygen atoms in total. The van der Waals surface area contributed by atoms with E-state index in [0.717, 1.165) is 22.8 Å². The third-order valence-corrected chi connectivity index (χ3v) is 6.08. The lowest BCUT2D eigenvalue weighted by atomic mass is 10.2. The summed E-state index contributed by atoms with van der Waals surface area (Å²) in [5, 5.41) is 2.59. The Morgan fingerprint density at radius 3 is 2.33 bits per heavy atom. The van der Waals surface area contributed by atoms with Gasteiger partial charge in [0.1, 0.15) is 28.5 Å². The van der Waals surface area contributed by atoms with Crippen molar-refractivity contribution in [2.45, 2.75) is 6.92 Å². The number of ether oxygens (including phenoxy) is 3. The zero-order valence-electron chi connectivity index (χ0n) is 21.6. The third-order valence-electron chi connectivity index (χ3n) is 6.08. The second-order valence-corrected chi connectivity index (χ2v) is 8.57. The van der Waals surface area contributed by atoms with E-state index < -0.39 is 28.7 Å². The Morgan fingerprint density at radius 1 is 0.925 bits per heavy atom. The van der Waals surface area contributed by atoms with Crippen LogP contribution >= 0.6 is 0 Å². The van der Waals surface area contributed by atoms with Gasteiger partial charge in [0.25, 0.3) is 17.3 Å². The molecule has 0 saturated heterocycles. The highest BCUT2D eigenvalue weighted by molar-refractivity contribution is 6.04. The number of fused-ring (bicyclic) bond motifs is 1. The number of hydrogen-bond acceptors (Lipinski definition) is 7. The predicted molar refractivity (Wildman–Crippen MR) is 144 cm³/mol. The fourth-order valence-electron chi connectivity index (χ4n) is 4.05. The van der Waals surface area contributed by atoms with Crippen molar-refractivity contribution < 1.29 is 27.8 Å². The minimum atomic E-state index is -0.807. The summed E-state index contributed by atoms with van der Waals surface area (Å²) in [6, 6.07) is 15.5. The molecule has 3 aromatic heterocycles. The van der Waals surface area contributed by atoms with Crippen LogP contribution in [0.1, 0.15) is 16.1 Å². The van der Waals surface area contributed by atoms with E-state index in [-0.39, 0.29) is 17.3 Å². The first-order chi connectivity index (χ1) is 19.3. The maximum Gasteiger partial charge on any atom is 0.268 e. The lowest BCUT2D eigenvalue weighted by molar-refractivity contribution is 0.102. The Bertz CT molecular complexity index is 1790. The Morgan fingerprint density at radius 2 is 1.65 bits per heavy atom. The molecular weight excluding hydrogens is 522 g/mol. The SMILES string of the molecule is COc1cc2nccc(Oc3ccc(NC(=O)c4cc(F)c(C)n(-c5ccc(F)cc5)c4=O)cc3)c2nc1OC. The van der Waals surface area contributed by atoms with Gasteiger partial charge in [0, 0.05) is 29.7 Å². The van der Waals surface area contributed by atoms with Gasteiger partial charge in [-0.15, -0.1) is 0 Å². The molecule has 40 heavy (non-hydrogen) atoms. The normalized spacial score (nSPS) is 10.8. The topological polar surface area (TPSA) is 105 Å². The average molecular weight is 545 g/mol. The molecule has 0 fully saturated rings. The van der Waals surface area contributed by atoms with Crippen LogP contribution < -0.4 is 25.1 Å². The molecule has 0 saturated carbocycles. The number of methoxy groups -OCH3 is 2. The van der Waals surface area contributed by atoms with Crippen LogP contribution in [0.4, 0.5) is 14.5 Å². The monoisotopic (exact) mass is 544 g/mol. The van der Waals surface area contributed by atoms with Crippen molar-refractivity contribution >= 4 is 22.6 Å². The average Bonchev–Trinajstić information content (AvgIpc) is 2.96. The van der Waals surface area contributed by atoms with Crippen LogP contribution in [0.3, 0.4) is 0 Å². The number of carbonyl (C=O) groups excluding carboxylic acids is 1. The highest BCUT2D eigenvalue weighted by Crippen LogP contribution is 2.34. The summed E-state index contributed by atoms with van der Waals surface area (Å²) in [7, 11) is 2.98. The molecule has 0 aliphatic carbocycles. The van der Waals surface area contributed by atoms with Crippen molar-refractivity contribution in [1.29, 1.82) is 0 Å². The van der Waals surface area contributed by atoms with Crippen LogP contribution in [0.15, 0.2) is 77.7 Å². The van der Waals surface area contributed by atoms with Gasteiger partial charge < -0.3 is 19.5 Å². The van der Waals surface area contributed by atoms with Gasteiger partial charge in [-0.1, -0.05) is 0 Å². The summed E-state index contributed by atoms with van der Waals surface area (Å²) in [6.07, 6.45) is 1.57. The van der Waals surface area contributed by atoms with Gasteiger partial charge in [-0.25, -0.2) is 13.8 Å². The molecule has 5 aromatic rings. The van der Waals surface area contributed by atoms with E-state index in [9.17, 15) is 18.4 Å². The maximum absolute atomic E-state index is 14.7. The van der Waals surface area contributed by atoms with Crippen molar-refractivity contribution in [1.82, 2.24) is 14.5 Å². The Labute approximate surface area is 226 Å². The van der Waals surface area contributed by atoms with E-state index in [1.807, 2.05) is 0 Å². The Balaban J connectivity index is 1.38. The second kappa shape index (κ2) is 10.8. The molecule has 0 atom stereocenters. The summed E-state index contributed by atoms with van der Waals surface area (Å²) in [5.41, 5.74) is 0.401. The Kier molecular flexibility index (Phi) is 7.11. The summed E-state index contributed by atoms with van der Waals surface area (Å²) in [5.74, 6) is -0.524. The van der Waals surface area contributed by atoms with Crippen LogP contribution in [0.25, 0.3) is 16.7 Å². The molecule has 202 valence electrons. The number of amides is 1. The third kappa shape index (κ3) is 5.04. The summed E-state index contributed by atoms with van der Waals surface area (Å²) < 4.78 is 45.6. The first-order valence-corrected chi connectivity index (χ1v) is 11.9. The molecule has 0 bridgehead atoms. The summed E-state index contributed by atoms with van der Waals surface area (Å²) >= 11 is 0. The van der Waals surface area contributed by atoms with Crippen molar-refractivity contribution in [3.63, 3.8) is 0 Å². The van der Waals surface area contributed by atoms with Gasteiger partial charge >= 0.3 is 0 Å². The number of carbonyl (C=O) groups is 1. The molecule has 0 aliphatic heterocycles. The largest absolute Gasteiger partial charge is 0.491 e. The van der Waals surface area contributed by atoms with E-state index in [1.165, 1.54) is 33.3 Å². The van der Waals surface area contributed by atoms with Crippen molar-refractivity contribution in [3.8, 4) is 28.8 Å². The fourth-order valence-corrected chi connectivity index (χ4v) is 4.05. The number of rotatable bonds is 7. The van der Waals surface area contributed by atoms with Crippen LogP contribution in [-0.2, 0) is 0 Å². The van der Waals surface area contributed by atoms with Crippen LogP contribution in [0.2, 0.25) is 0 Å². The molecule has 0 spiro atoms. The minimum Gasteiger partial charge on any atom is -0.491 e. The predicted octanol–water partition coefficient (Wildman–Crippen LogP) is 5.43. The van der Waals surface area contributed by atoms with Gasteiger partial charge in [0.15, 0.2) is 11.5 Å². The molecule has 1 N–H and O–H groups in total. The van der Waals surface area contributed by atoms with E-state index >= 15 is 0 Å². The van der Waals surface area contributed by atoms with Crippen molar-refractivity contribution in [2.75, 3.05) is 19.5 Å². The fraction of sp³-hybridized carbons (Fsp3) is 0.103. The molecule has 0 unspecified atom stereocenters. The number of nitrogens with zero attached hydrogens (tertiary/aromatic N) is 3. The number of nitrogens with one attached hydrogen (secondary N) is 1. The van der Waals surface area contributed by atoms with Crippen molar-refractivity contribution in [2.24, 2.45) is 0 Å².